The third-order valence-corrected chi connectivity index (χ3v) is 14.6. The van der Waals surface area contributed by atoms with E-state index in [0.717, 1.165) is 0 Å². The number of amides is 11. The van der Waals surface area contributed by atoms with Crippen LogP contribution < -0.4 is 70.8 Å². The van der Waals surface area contributed by atoms with E-state index in [9.17, 15) is 82.8 Å². The Bertz CT molecular complexity index is 3000. The van der Waals surface area contributed by atoms with Gasteiger partial charge in [-0.1, -0.05) is 72.2 Å². The van der Waals surface area contributed by atoms with Crippen molar-refractivity contribution in [2.45, 2.75) is 179 Å². The first kappa shape index (κ1) is 76.5. The molecule has 22 N–H and O–H groups in total. The lowest BCUT2D eigenvalue weighted by atomic mass is 9.95. The number of nitrogens with zero attached hydrogens (tertiary/aromatic N) is 1. The number of phenols is 2. The lowest BCUT2D eigenvalue weighted by Gasteiger charge is -2.30. The van der Waals surface area contributed by atoms with Gasteiger partial charge in [-0.05, 0) is 91.8 Å². The monoisotopic (exact) mass is 1290 g/mol. The number of phenolic OH excluding ortho intramolecular Hbond substituents is 2. The maximum Gasteiger partial charge on any atom is 0.326 e. The van der Waals surface area contributed by atoms with Crippen molar-refractivity contribution in [2.75, 3.05) is 6.54 Å². The van der Waals surface area contributed by atoms with Gasteiger partial charge >= 0.3 is 11.9 Å². The van der Waals surface area contributed by atoms with Gasteiger partial charge < -0.3 is 96.2 Å². The molecule has 92 heavy (non-hydrogen) atoms. The number of rotatable bonds is 41. The highest BCUT2D eigenvalue weighted by atomic mass is 16.4. The second kappa shape index (κ2) is 38.1. The van der Waals surface area contributed by atoms with E-state index in [1.54, 1.807) is 41.5 Å². The number of nitrogens with one attached hydrogen (secondary N) is 10. The number of benzene rings is 2. The summed E-state index contributed by atoms with van der Waals surface area (Å²) in [6, 6.07) is -4.21. The van der Waals surface area contributed by atoms with E-state index in [2.05, 4.69) is 57.8 Å². The summed E-state index contributed by atoms with van der Waals surface area (Å²) in [7, 11) is 0. The molecule has 0 saturated heterocycles. The van der Waals surface area contributed by atoms with Gasteiger partial charge in [-0.3, -0.25) is 57.5 Å². The smallest absolute Gasteiger partial charge is 0.326 e. The van der Waals surface area contributed by atoms with Crippen LogP contribution in [0.25, 0.3) is 0 Å². The highest BCUT2D eigenvalue weighted by Gasteiger charge is 2.38. The minimum atomic E-state index is -1.91. The number of aromatic amines is 1. The standard InChI is InChI=1S/C60H89N15O17/c1-7-32(6)50(59(90)74-49(31(4)5)58(89)68-39(10-8-9-21-61)52(83)73-45(60(91)92)24-34-13-17-37(77)18-14-34)75-57(88)44(27-47(64)79)72-53(84)40(19-20-48(80)81)67-56(87)43(25-35-28-65-29-66-35)71-55(86)42(23-33-11-15-36(76)16-12-33)70-54(85)41(22-30(2)3)69-51(82)38(62)26-46(63)78/h11-18,28-32,38-45,49-50,76-77H,7-10,19-27,61-62H2,1-6H3,(H2,63,78)(H2,64,79)(H,65,66)(H,67,87)(H,68,89)(H,69,82)(H,70,85)(H,71,86)(H,72,84)(H,73,83)(H,74,90)(H,75,88)(H,80,81)(H,91,92)/t32-,38-,39-,40-,41-,42-,43-,44-,45-,49-,50-/m0/s1. The summed E-state index contributed by atoms with van der Waals surface area (Å²) >= 11 is 0. The van der Waals surface area contributed by atoms with E-state index in [-0.39, 0.29) is 61.8 Å². The minimum Gasteiger partial charge on any atom is -0.508 e. The third kappa shape index (κ3) is 26.8. The molecule has 3 aromatic rings. The molecule has 2 aromatic carbocycles. The molecule has 0 aliphatic rings. The van der Waals surface area contributed by atoms with Gasteiger partial charge in [0.25, 0.3) is 0 Å². The first-order chi connectivity index (χ1) is 43.3. The van der Waals surface area contributed by atoms with Crippen molar-refractivity contribution < 1.29 is 82.8 Å². The fourth-order valence-electron chi connectivity index (χ4n) is 9.32. The third-order valence-electron chi connectivity index (χ3n) is 14.6. The first-order valence-electron chi connectivity index (χ1n) is 30.1. The molecule has 1 heterocycles. The zero-order valence-corrected chi connectivity index (χ0v) is 52.3. The number of carboxylic acid groups (broad SMARTS) is 2. The number of H-pyrrole nitrogens is 1. The normalized spacial score (nSPS) is 14.8. The van der Waals surface area contributed by atoms with E-state index < -0.39 is 181 Å². The van der Waals surface area contributed by atoms with Crippen LogP contribution in [0.15, 0.2) is 61.1 Å². The van der Waals surface area contributed by atoms with Gasteiger partial charge in [0.1, 0.15) is 65.9 Å². The highest BCUT2D eigenvalue weighted by Crippen LogP contribution is 2.17. The van der Waals surface area contributed by atoms with Crippen LogP contribution in [0, 0.1) is 17.8 Å². The van der Waals surface area contributed by atoms with E-state index in [0.29, 0.717) is 24.0 Å². The summed E-state index contributed by atoms with van der Waals surface area (Å²) in [4.78, 5) is 182. The number of unbranched alkanes of at least 4 members (excludes halogenated alkanes) is 1. The molecule has 0 aliphatic carbocycles. The van der Waals surface area contributed by atoms with Crippen molar-refractivity contribution in [3.05, 3.63) is 77.9 Å². The summed E-state index contributed by atoms with van der Waals surface area (Å²) < 4.78 is 0. The molecule has 11 atom stereocenters. The van der Waals surface area contributed by atoms with Gasteiger partial charge in [0.15, 0.2) is 0 Å². The average molecular weight is 1290 g/mol. The Labute approximate surface area is 531 Å². The van der Waals surface area contributed by atoms with Crippen molar-refractivity contribution in [2.24, 2.45) is 40.7 Å². The molecule has 0 fully saturated rings. The predicted octanol–water partition coefficient (Wildman–Crippen LogP) is -2.88. The maximum absolute atomic E-state index is 14.5. The molecule has 0 aliphatic heterocycles. The molecular formula is C60H89N15O17. The molecular weight excluding hydrogens is 1200 g/mol. The van der Waals surface area contributed by atoms with Gasteiger partial charge in [-0.25, -0.2) is 9.78 Å². The number of hydrogen-bond donors (Lipinski definition) is 18. The summed E-state index contributed by atoms with van der Waals surface area (Å²) in [6.45, 7) is 10.1. The quantitative estimate of drug-likeness (QED) is 0.0254. The van der Waals surface area contributed by atoms with Crippen LogP contribution in [0.1, 0.15) is 116 Å². The van der Waals surface area contributed by atoms with E-state index in [1.807, 2.05) is 0 Å². The summed E-state index contributed by atoms with van der Waals surface area (Å²) in [5.41, 5.74) is 23.4. The van der Waals surface area contributed by atoms with Gasteiger partial charge in [-0.15, -0.1) is 0 Å². The molecule has 0 unspecified atom stereocenters. The average Bonchev–Trinajstić information content (AvgIpc) is 1.05. The number of carbonyl (C=O) groups excluding carboxylic acids is 11. The van der Waals surface area contributed by atoms with Crippen LogP contribution in [0.2, 0.25) is 0 Å². The molecule has 0 bridgehead atoms. The first-order valence-corrected chi connectivity index (χ1v) is 30.1. The fraction of sp³-hybridized carbons (Fsp3) is 0.533. The topological polar surface area (TPSA) is 544 Å². The maximum atomic E-state index is 14.5. The Kier molecular flexibility index (Phi) is 31.7. The van der Waals surface area contributed by atoms with E-state index in [1.165, 1.54) is 61.1 Å². The summed E-state index contributed by atoms with van der Waals surface area (Å²) in [6.07, 6.45) is -0.108. The number of aliphatic carboxylic acids is 2. The molecule has 32 nitrogen and oxygen atoms in total. The van der Waals surface area contributed by atoms with Crippen LogP contribution in [-0.4, -0.2) is 174 Å². The van der Waals surface area contributed by atoms with Crippen molar-refractivity contribution in [3.8, 4) is 11.5 Å². The molecule has 0 radical (unpaired) electrons. The summed E-state index contributed by atoms with van der Waals surface area (Å²) in [5.74, 6) is -15.6. The van der Waals surface area contributed by atoms with Crippen molar-refractivity contribution >= 4 is 76.9 Å². The van der Waals surface area contributed by atoms with Gasteiger partial charge in [0, 0.05) is 31.9 Å². The molecule has 1 aromatic heterocycles. The number of primary amides is 2. The van der Waals surface area contributed by atoms with Crippen molar-refractivity contribution in [3.63, 3.8) is 0 Å². The lowest BCUT2D eigenvalue weighted by Crippen LogP contribution is -2.62. The number of aromatic nitrogens is 2. The fourth-order valence-corrected chi connectivity index (χ4v) is 9.32. The molecule has 32 heteroatoms. The number of aromatic hydroxyl groups is 2. The molecule has 11 amide bonds. The zero-order valence-electron chi connectivity index (χ0n) is 52.3. The van der Waals surface area contributed by atoms with Crippen molar-refractivity contribution in [1.82, 2.24) is 57.8 Å². The van der Waals surface area contributed by atoms with Crippen LogP contribution in [0.4, 0.5) is 0 Å². The zero-order chi connectivity index (χ0) is 68.9. The Morgan fingerprint density at radius 1 is 0.511 bits per heavy atom. The second-order valence-corrected chi connectivity index (χ2v) is 23.2. The lowest BCUT2D eigenvalue weighted by molar-refractivity contribution is -0.142. The Morgan fingerprint density at radius 3 is 1.42 bits per heavy atom. The van der Waals surface area contributed by atoms with Gasteiger partial charge in [0.05, 0.1) is 30.9 Å². The number of carbonyl (C=O) groups is 13. The SMILES string of the molecule is CC[C@H](C)[C@H](NC(=O)[C@H](CC(N)=O)NC(=O)[C@H](CCC(=O)O)NC(=O)[C@H](Cc1c[nH]cn1)NC(=O)[C@H](Cc1ccc(O)cc1)NC(=O)[C@H](CC(C)C)NC(=O)[C@@H](N)CC(N)=O)C(=O)N[C@H](C(=O)N[C@@H](CCCCN)C(=O)N[C@@H](Cc1ccc(O)cc1)C(=O)O)C(C)C. The minimum absolute atomic E-state index is 0.00878. The Hall–Kier alpha value is -9.72. The number of imidazole rings is 1. The molecule has 0 saturated carbocycles. The molecule has 506 valence electrons. The molecule has 0 spiro atoms. The van der Waals surface area contributed by atoms with Crippen LogP contribution in [0.5, 0.6) is 11.5 Å². The van der Waals surface area contributed by atoms with Crippen LogP contribution in [-0.2, 0) is 81.6 Å². The highest BCUT2D eigenvalue weighted by molar-refractivity contribution is 6.00. The number of hydrogen-bond acceptors (Lipinski definition) is 18. The Morgan fingerprint density at radius 2 is 0.946 bits per heavy atom. The van der Waals surface area contributed by atoms with Gasteiger partial charge in [-0.2, -0.15) is 0 Å². The molecule has 3 rings (SSSR count). The second-order valence-electron chi connectivity index (χ2n) is 23.2. The summed E-state index contributed by atoms with van der Waals surface area (Å²) in [5, 5.41) is 62.0. The van der Waals surface area contributed by atoms with E-state index >= 15 is 0 Å². The van der Waals surface area contributed by atoms with Crippen LogP contribution in [0.3, 0.4) is 0 Å². The van der Waals surface area contributed by atoms with E-state index in [4.69, 9.17) is 22.9 Å². The van der Waals surface area contributed by atoms with Gasteiger partial charge in [0.2, 0.25) is 65.0 Å². The van der Waals surface area contributed by atoms with Crippen molar-refractivity contribution in [1.29, 1.82) is 0 Å². The number of nitrogens with two attached hydrogens (primary N) is 4. The predicted molar refractivity (Wildman–Crippen MR) is 330 cm³/mol. The Balaban J connectivity index is 1.95. The van der Waals surface area contributed by atoms with Crippen LogP contribution >= 0.6 is 0 Å². The largest absolute Gasteiger partial charge is 0.508 e. The number of carboxylic acids is 2.